The number of aryl methyl sites for hydroxylation is 1. The molecule has 1 aliphatic rings. The molecular weight excluding hydrogens is 334 g/mol. The molecule has 1 aliphatic heterocycles. The van der Waals surface area contributed by atoms with Crippen LogP contribution in [-0.4, -0.2) is 21.4 Å². The van der Waals surface area contributed by atoms with Gasteiger partial charge in [0.2, 0.25) is 0 Å². The molecule has 0 radical (unpaired) electrons. The van der Waals surface area contributed by atoms with Crippen molar-refractivity contribution in [3.05, 3.63) is 65.5 Å². The summed E-state index contributed by atoms with van der Waals surface area (Å²) >= 11 is 1.67. The second kappa shape index (κ2) is 6.80. The van der Waals surface area contributed by atoms with E-state index in [1.807, 2.05) is 35.9 Å². The molecule has 0 amide bonds. The van der Waals surface area contributed by atoms with Gasteiger partial charge in [0, 0.05) is 12.8 Å². The van der Waals surface area contributed by atoms with E-state index in [0.717, 1.165) is 28.2 Å². The molecule has 0 bridgehead atoms. The van der Waals surface area contributed by atoms with Crippen molar-refractivity contribution < 1.29 is 9.47 Å². The molecule has 0 saturated heterocycles. The van der Waals surface area contributed by atoms with E-state index >= 15 is 0 Å². The van der Waals surface area contributed by atoms with E-state index in [1.165, 1.54) is 11.1 Å². The molecular formula is C19H19N3O2S. The number of thioether (sulfide) groups is 1. The van der Waals surface area contributed by atoms with Gasteiger partial charge in [0.25, 0.3) is 0 Å². The number of rotatable bonds is 4. The third-order valence-corrected chi connectivity index (χ3v) is 5.25. The van der Waals surface area contributed by atoms with E-state index in [4.69, 9.17) is 9.47 Å². The van der Waals surface area contributed by atoms with Crippen LogP contribution < -0.4 is 9.47 Å². The molecule has 6 heteroatoms. The first-order valence-electron chi connectivity index (χ1n) is 8.17. The summed E-state index contributed by atoms with van der Waals surface area (Å²) in [5.74, 6) is 3.16. The number of hydrogen-bond donors (Lipinski definition) is 0. The molecule has 1 atom stereocenters. The van der Waals surface area contributed by atoms with Crippen LogP contribution in [0.3, 0.4) is 0 Å². The quantitative estimate of drug-likeness (QED) is 0.665. The van der Waals surface area contributed by atoms with E-state index in [1.54, 1.807) is 11.8 Å². The Hall–Kier alpha value is -2.47. The van der Waals surface area contributed by atoms with Crippen LogP contribution >= 0.6 is 11.8 Å². The van der Waals surface area contributed by atoms with Crippen molar-refractivity contribution in [3.63, 3.8) is 0 Å². The standard InChI is InChI=1S/C19H19N3O2S/c1-13-7-9-14(10-8-13)12-25-19-21-20-18(22(19)2)17-11-23-15-5-3-4-6-16(15)24-17/h3-10,17H,11-12H2,1-2H3/t17-/m1/s1. The molecule has 0 fully saturated rings. The second-order valence-electron chi connectivity index (χ2n) is 6.04. The predicted octanol–water partition coefficient (Wildman–Crippen LogP) is 3.93. The molecule has 0 aliphatic carbocycles. The van der Waals surface area contributed by atoms with Crippen LogP contribution in [0.2, 0.25) is 0 Å². The van der Waals surface area contributed by atoms with Gasteiger partial charge in [-0.1, -0.05) is 53.7 Å². The van der Waals surface area contributed by atoms with Crippen molar-refractivity contribution in [1.82, 2.24) is 14.8 Å². The monoisotopic (exact) mass is 353 g/mol. The Labute approximate surface area is 151 Å². The Kier molecular flexibility index (Phi) is 4.36. The predicted molar refractivity (Wildman–Crippen MR) is 97.0 cm³/mol. The number of aromatic nitrogens is 3. The van der Waals surface area contributed by atoms with E-state index in [-0.39, 0.29) is 6.10 Å². The van der Waals surface area contributed by atoms with Crippen molar-refractivity contribution in [2.75, 3.05) is 6.61 Å². The zero-order valence-electron chi connectivity index (χ0n) is 14.2. The van der Waals surface area contributed by atoms with Gasteiger partial charge in [0.1, 0.15) is 6.61 Å². The first-order chi connectivity index (χ1) is 12.2. The van der Waals surface area contributed by atoms with Crippen LogP contribution in [0.5, 0.6) is 11.5 Å². The maximum atomic E-state index is 6.03. The SMILES string of the molecule is Cc1ccc(CSc2nnc([C@H]3COc4ccccc4O3)n2C)cc1. The lowest BCUT2D eigenvalue weighted by atomic mass is 10.2. The highest BCUT2D eigenvalue weighted by atomic mass is 32.2. The minimum atomic E-state index is -0.249. The molecule has 2 heterocycles. The molecule has 0 saturated carbocycles. The summed E-state index contributed by atoms with van der Waals surface area (Å²) in [4.78, 5) is 0. The van der Waals surface area contributed by atoms with Crippen LogP contribution in [0.25, 0.3) is 0 Å². The highest BCUT2D eigenvalue weighted by molar-refractivity contribution is 7.98. The topological polar surface area (TPSA) is 49.2 Å². The van der Waals surface area contributed by atoms with Crippen molar-refractivity contribution in [3.8, 4) is 11.5 Å². The summed E-state index contributed by atoms with van der Waals surface area (Å²) in [6.07, 6.45) is -0.249. The molecule has 25 heavy (non-hydrogen) atoms. The maximum Gasteiger partial charge on any atom is 0.192 e. The lowest BCUT2D eigenvalue weighted by Gasteiger charge is -2.25. The molecule has 4 rings (SSSR count). The number of fused-ring (bicyclic) bond motifs is 1. The molecule has 3 aromatic rings. The lowest BCUT2D eigenvalue weighted by molar-refractivity contribution is 0.0825. The Morgan fingerprint density at radius 3 is 2.64 bits per heavy atom. The molecule has 128 valence electrons. The molecule has 2 aromatic carbocycles. The van der Waals surface area contributed by atoms with Crippen molar-refractivity contribution >= 4 is 11.8 Å². The number of benzene rings is 2. The summed E-state index contributed by atoms with van der Waals surface area (Å²) in [7, 11) is 1.97. The van der Waals surface area contributed by atoms with Crippen molar-refractivity contribution in [2.24, 2.45) is 7.05 Å². The van der Waals surface area contributed by atoms with Gasteiger partial charge in [-0.3, -0.25) is 0 Å². The van der Waals surface area contributed by atoms with Crippen molar-refractivity contribution in [1.29, 1.82) is 0 Å². The third kappa shape index (κ3) is 3.35. The average molecular weight is 353 g/mol. The Morgan fingerprint density at radius 1 is 1.08 bits per heavy atom. The zero-order valence-corrected chi connectivity index (χ0v) is 15.0. The summed E-state index contributed by atoms with van der Waals surface area (Å²) in [5.41, 5.74) is 2.54. The Morgan fingerprint density at radius 2 is 1.84 bits per heavy atom. The molecule has 1 aromatic heterocycles. The summed E-state index contributed by atoms with van der Waals surface area (Å²) in [6, 6.07) is 16.2. The van der Waals surface area contributed by atoms with Gasteiger partial charge in [-0.25, -0.2) is 0 Å². The maximum absolute atomic E-state index is 6.03. The van der Waals surface area contributed by atoms with Crippen LogP contribution in [0.4, 0.5) is 0 Å². The van der Waals surface area contributed by atoms with E-state index < -0.39 is 0 Å². The number of para-hydroxylation sites is 2. The van der Waals surface area contributed by atoms with Gasteiger partial charge in [-0.05, 0) is 24.6 Å². The largest absolute Gasteiger partial charge is 0.485 e. The minimum Gasteiger partial charge on any atom is -0.485 e. The van der Waals surface area contributed by atoms with Gasteiger partial charge in [0.15, 0.2) is 28.6 Å². The molecule has 0 unspecified atom stereocenters. The van der Waals surface area contributed by atoms with Crippen molar-refractivity contribution in [2.45, 2.75) is 23.9 Å². The smallest absolute Gasteiger partial charge is 0.192 e. The number of nitrogens with zero attached hydrogens (tertiary/aromatic N) is 3. The first-order valence-corrected chi connectivity index (χ1v) is 9.15. The summed E-state index contributed by atoms with van der Waals surface area (Å²) in [5, 5.41) is 9.52. The van der Waals surface area contributed by atoms with E-state index in [9.17, 15) is 0 Å². The van der Waals surface area contributed by atoms with Crippen LogP contribution in [0.1, 0.15) is 23.1 Å². The highest BCUT2D eigenvalue weighted by Gasteiger charge is 2.27. The normalized spacial score (nSPS) is 16.0. The molecule has 0 N–H and O–H groups in total. The Bertz CT molecular complexity index is 877. The molecule has 5 nitrogen and oxygen atoms in total. The van der Waals surface area contributed by atoms with Crippen LogP contribution in [-0.2, 0) is 12.8 Å². The number of ether oxygens (including phenoxy) is 2. The molecule has 0 spiro atoms. The van der Waals surface area contributed by atoms with Gasteiger partial charge in [-0.2, -0.15) is 0 Å². The minimum absolute atomic E-state index is 0.249. The van der Waals surface area contributed by atoms with Gasteiger partial charge in [-0.15, -0.1) is 10.2 Å². The van der Waals surface area contributed by atoms with Crippen LogP contribution in [0.15, 0.2) is 53.7 Å². The first kappa shape index (κ1) is 16.0. The fourth-order valence-electron chi connectivity index (χ4n) is 2.71. The third-order valence-electron chi connectivity index (χ3n) is 4.15. The average Bonchev–Trinajstić information content (AvgIpc) is 3.01. The van der Waals surface area contributed by atoms with Gasteiger partial charge >= 0.3 is 0 Å². The fraction of sp³-hybridized carbons (Fsp3) is 0.263. The highest BCUT2D eigenvalue weighted by Crippen LogP contribution is 2.36. The van der Waals surface area contributed by atoms with Crippen LogP contribution in [0, 0.1) is 6.92 Å². The lowest BCUT2D eigenvalue weighted by Crippen LogP contribution is -2.24. The fourth-order valence-corrected chi connectivity index (χ4v) is 3.59. The summed E-state index contributed by atoms with van der Waals surface area (Å²) in [6.45, 7) is 2.53. The van der Waals surface area contributed by atoms with E-state index in [2.05, 4.69) is 41.4 Å². The van der Waals surface area contributed by atoms with E-state index in [0.29, 0.717) is 6.61 Å². The number of hydrogen-bond acceptors (Lipinski definition) is 5. The second-order valence-corrected chi connectivity index (χ2v) is 6.98. The zero-order chi connectivity index (χ0) is 17.2. The summed E-state index contributed by atoms with van der Waals surface area (Å²) < 4.78 is 13.8. The Balaban J connectivity index is 1.47. The van der Waals surface area contributed by atoms with Gasteiger partial charge in [0.05, 0.1) is 0 Å². The van der Waals surface area contributed by atoms with Gasteiger partial charge < -0.3 is 14.0 Å².